The molecule has 118 valence electrons. The Labute approximate surface area is 135 Å². The highest BCUT2D eigenvalue weighted by molar-refractivity contribution is 5.82. The number of hydrogen-bond acceptors (Lipinski definition) is 4. The second kappa shape index (κ2) is 6.96. The normalized spacial score (nSPS) is 11.2. The molecule has 3 aromatic rings. The lowest BCUT2D eigenvalue weighted by molar-refractivity contribution is 0.294. The Morgan fingerprint density at radius 1 is 1.17 bits per heavy atom. The lowest BCUT2D eigenvalue weighted by Gasteiger charge is -2.10. The van der Waals surface area contributed by atoms with E-state index in [1.165, 1.54) is 0 Å². The van der Waals surface area contributed by atoms with Crippen molar-refractivity contribution in [3.8, 4) is 11.5 Å². The summed E-state index contributed by atoms with van der Waals surface area (Å²) in [7, 11) is 1.64. The van der Waals surface area contributed by atoms with Crippen molar-refractivity contribution in [2.75, 3.05) is 13.7 Å². The van der Waals surface area contributed by atoms with Crippen molar-refractivity contribution in [3.63, 3.8) is 0 Å². The Bertz CT molecular complexity index is 824. The van der Waals surface area contributed by atoms with Crippen LogP contribution in [-0.4, -0.2) is 29.6 Å². The fraction of sp³-hybridized carbons (Fsp3) is 0.222. The smallest absolute Gasteiger partial charge is 0.161 e. The van der Waals surface area contributed by atoms with E-state index < -0.39 is 0 Å². The van der Waals surface area contributed by atoms with Crippen molar-refractivity contribution in [3.05, 3.63) is 54.4 Å². The van der Waals surface area contributed by atoms with Crippen LogP contribution in [0.1, 0.15) is 18.9 Å². The van der Waals surface area contributed by atoms with Crippen molar-refractivity contribution in [2.45, 2.75) is 13.3 Å². The van der Waals surface area contributed by atoms with Crippen molar-refractivity contribution < 1.29 is 9.47 Å². The average molecular weight is 309 g/mol. The first-order valence-electron chi connectivity index (χ1n) is 7.59. The van der Waals surface area contributed by atoms with Gasteiger partial charge in [-0.2, -0.15) is 5.10 Å². The maximum Gasteiger partial charge on any atom is 0.161 e. The van der Waals surface area contributed by atoms with Crippen LogP contribution >= 0.6 is 0 Å². The number of aromatic nitrogens is 2. The van der Waals surface area contributed by atoms with E-state index in [2.05, 4.69) is 17.0 Å². The van der Waals surface area contributed by atoms with Gasteiger partial charge in [0.05, 0.1) is 31.0 Å². The molecule has 1 aromatic heterocycles. The molecule has 2 aromatic carbocycles. The predicted molar refractivity (Wildman–Crippen MR) is 91.5 cm³/mol. The molecule has 23 heavy (non-hydrogen) atoms. The van der Waals surface area contributed by atoms with Crippen LogP contribution < -0.4 is 9.47 Å². The van der Waals surface area contributed by atoms with Crippen LogP contribution in [0.3, 0.4) is 0 Å². The number of nitrogens with zero attached hydrogens (tertiary/aromatic N) is 3. The van der Waals surface area contributed by atoms with Crippen LogP contribution in [-0.2, 0) is 0 Å². The summed E-state index contributed by atoms with van der Waals surface area (Å²) in [4.78, 5) is 4.32. The molecule has 0 radical (unpaired) electrons. The summed E-state index contributed by atoms with van der Waals surface area (Å²) in [5.41, 5.74) is 2.83. The molecule has 3 rings (SSSR count). The fourth-order valence-electron chi connectivity index (χ4n) is 2.26. The number of methoxy groups -OCH3 is 1. The van der Waals surface area contributed by atoms with Crippen LogP contribution in [0.25, 0.3) is 11.0 Å². The Kier molecular flexibility index (Phi) is 4.57. The molecule has 0 atom stereocenters. The maximum absolute atomic E-state index is 5.66. The van der Waals surface area contributed by atoms with E-state index in [0.717, 1.165) is 28.8 Å². The molecule has 0 N–H and O–H groups in total. The molecule has 0 amide bonds. The molecule has 0 aliphatic heterocycles. The molecule has 1 heterocycles. The molecule has 0 saturated carbocycles. The number of rotatable bonds is 6. The molecule has 0 spiro atoms. The van der Waals surface area contributed by atoms with Crippen molar-refractivity contribution in [1.29, 1.82) is 0 Å². The van der Waals surface area contributed by atoms with Gasteiger partial charge in [0, 0.05) is 0 Å². The van der Waals surface area contributed by atoms with Gasteiger partial charge in [0.15, 0.2) is 11.5 Å². The third-order valence-electron chi connectivity index (χ3n) is 3.42. The van der Waals surface area contributed by atoms with Gasteiger partial charge >= 0.3 is 0 Å². The third-order valence-corrected chi connectivity index (χ3v) is 3.42. The second-order valence-corrected chi connectivity index (χ2v) is 5.08. The average Bonchev–Trinajstić information content (AvgIpc) is 3.01. The highest BCUT2D eigenvalue weighted by Gasteiger charge is 2.05. The number of fused-ring (bicyclic) bond motifs is 1. The van der Waals surface area contributed by atoms with Crippen molar-refractivity contribution >= 4 is 17.2 Å². The Balaban J connectivity index is 1.84. The van der Waals surface area contributed by atoms with E-state index in [-0.39, 0.29) is 0 Å². The summed E-state index contributed by atoms with van der Waals surface area (Å²) in [6, 6.07) is 13.7. The Hall–Kier alpha value is -2.82. The zero-order valence-corrected chi connectivity index (χ0v) is 13.3. The van der Waals surface area contributed by atoms with E-state index in [9.17, 15) is 0 Å². The Morgan fingerprint density at radius 2 is 2.04 bits per heavy atom. The number of para-hydroxylation sites is 2. The topological polar surface area (TPSA) is 48.6 Å². The first-order valence-corrected chi connectivity index (χ1v) is 7.59. The van der Waals surface area contributed by atoms with Crippen LogP contribution in [0.4, 0.5) is 0 Å². The Morgan fingerprint density at radius 3 is 2.87 bits per heavy atom. The van der Waals surface area contributed by atoms with Crippen LogP contribution in [0.5, 0.6) is 11.5 Å². The molecule has 0 saturated heterocycles. The molecule has 0 aliphatic rings. The third kappa shape index (κ3) is 3.34. The molecule has 0 aliphatic carbocycles. The molecule has 0 fully saturated rings. The largest absolute Gasteiger partial charge is 0.493 e. The van der Waals surface area contributed by atoms with Gasteiger partial charge in [0.1, 0.15) is 6.33 Å². The van der Waals surface area contributed by atoms with Crippen LogP contribution in [0, 0.1) is 0 Å². The first kappa shape index (κ1) is 15.1. The van der Waals surface area contributed by atoms with E-state index in [1.54, 1.807) is 24.3 Å². The van der Waals surface area contributed by atoms with Crippen LogP contribution in [0.15, 0.2) is 53.9 Å². The summed E-state index contributed by atoms with van der Waals surface area (Å²) in [6.07, 6.45) is 4.44. The minimum absolute atomic E-state index is 0.671. The number of imidazole rings is 1. The summed E-state index contributed by atoms with van der Waals surface area (Å²) in [6.45, 7) is 2.74. The summed E-state index contributed by atoms with van der Waals surface area (Å²) in [5, 5.41) is 4.46. The molecular weight excluding hydrogens is 290 g/mol. The number of hydrogen-bond donors (Lipinski definition) is 0. The van der Waals surface area contributed by atoms with Crippen LogP contribution in [0.2, 0.25) is 0 Å². The van der Waals surface area contributed by atoms with Crippen molar-refractivity contribution in [2.24, 2.45) is 5.10 Å². The SMILES string of the molecule is CCCOc1ccc(/C=N\n2cnc3ccccc32)cc1OC. The second-order valence-electron chi connectivity index (χ2n) is 5.08. The molecule has 5 nitrogen and oxygen atoms in total. The van der Waals surface area contributed by atoms with E-state index in [0.29, 0.717) is 12.4 Å². The van der Waals surface area contributed by atoms with Gasteiger partial charge in [-0.1, -0.05) is 19.1 Å². The van der Waals surface area contributed by atoms with Gasteiger partial charge in [0.25, 0.3) is 0 Å². The molecule has 0 bridgehead atoms. The van der Waals surface area contributed by atoms with E-state index in [4.69, 9.17) is 9.47 Å². The summed E-state index contributed by atoms with van der Waals surface area (Å²) in [5.74, 6) is 1.46. The standard InChI is InChI=1S/C18H19N3O2/c1-3-10-23-17-9-8-14(11-18(17)22-2)12-20-21-13-19-15-6-4-5-7-16(15)21/h4-9,11-13H,3,10H2,1-2H3/b20-12-. The van der Waals surface area contributed by atoms with Gasteiger partial charge in [-0.3, -0.25) is 0 Å². The number of ether oxygens (including phenoxy) is 2. The summed E-state index contributed by atoms with van der Waals surface area (Å²) < 4.78 is 12.8. The minimum Gasteiger partial charge on any atom is -0.493 e. The first-order chi connectivity index (χ1) is 11.3. The van der Waals surface area contributed by atoms with Gasteiger partial charge < -0.3 is 9.47 Å². The highest BCUT2D eigenvalue weighted by atomic mass is 16.5. The van der Waals surface area contributed by atoms with Gasteiger partial charge in [0.2, 0.25) is 0 Å². The van der Waals surface area contributed by atoms with E-state index >= 15 is 0 Å². The molecular formula is C18H19N3O2. The number of benzene rings is 2. The zero-order valence-electron chi connectivity index (χ0n) is 13.3. The fourth-order valence-corrected chi connectivity index (χ4v) is 2.26. The quantitative estimate of drug-likeness (QED) is 0.652. The molecule has 5 heteroatoms. The zero-order chi connectivity index (χ0) is 16.1. The molecule has 0 unspecified atom stereocenters. The summed E-state index contributed by atoms with van der Waals surface area (Å²) >= 11 is 0. The highest BCUT2D eigenvalue weighted by Crippen LogP contribution is 2.27. The van der Waals surface area contributed by atoms with Gasteiger partial charge in [-0.05, 0) is 42.3 Å². The van der Waals surface area contributed by atoms with Gasteiger partial charge in [-0.15, -0.1) is 0 Å². The lowest BCUT2D eigenvalue weighted by Crippen LogP contribution is -1.98. The van der Waals surface area contributed by atoms with Crippen molar-refractivity contribution in [1.82, 2.24) is 9.66 Å². The predicted octanol–water partition coefficient (Wildman–Crippen LogP) is 3.72. The monoisotopic (exact) mass is 309 g/mol. The van der Waals surface area contributed by atoms with Gasteiger partial charge in [-0.25, -0.2) is 9.66 Å². The maximum atomic E-state index is 5.66. The lowest BCUT2D eigenvalue weighted by atomic mass is 10.2. The van der Waals surface area contributed by atoms with E-state index in [1.807, 2.05) is 42.5 Å². The minimum atomic E-state index is 0.671.